The van der Waals surface area contributed by atoms with Crippen LogP contribution in [0.15, 0.2) is 182 Å². The molecule has 0 atom stereocenters. The third-order valence-corrected chi connectivity index (χ3v) is 8.46. The van der Waals surface area contributed by atoms with Crippen LogP contribution in [0.1, 0.15) is 0 Å². The van der Waals surface area contributed by atoms with Gasteiger partial charge in [-0.05, 0) is 57.3 Å². The third kappa shape index (κ3) is 4.83. The van der Waals surface area contributed by atoms with E-state index in [0.29, 0.717) is 0 Å². The Balaban J connectivity index is 1.46. The van der Waals surface area contributed by atoms with Gasteiger partial charge in [-0.1, -0.05) is 158 Å². The summed E-state index contributed by atoms with van der Waals surface area (Å²) in [7, 11) is 0. The van der Waals surface area contributed by atoms with E-state index in [-0.39, 0.29) is 0 Å². The second-order valence-corrected chi connectivity index (χ2v) is 11.1. The number of para-hydroxylation sites is 1. The van der Waals surface area contributed by atoms with E-state index >= 15 is 0 Å². The fourth-order valence-electron chi connectivity index (χ4n) is 6.48. The molecule has 7 aromatic carbocycles. The van der Waals surface area contributed by atoms with Crippen molar-refractivity contribution in [3.8, 4) is 33.5 Å². The van der Waals surface area contributed by atoms with E-state index < -0.39 is 0 Å². The van der Waals surface area contributed by atoms with Crippen LogP contribution in [0.25, 0.3) is 55.1 Å². The second kappa shape index (κ2) is 11.6. The number of nitrogens with zero attached hydrogens (tertiary/aromatic N) is 2. The largest absolute Gasteiger partial charge is 0.294 e. The lowest BCUT2D eigenvalue weighted by Crippen LogP contribution is -2.13. The van der Waals surface area contributed by atoms with E-state index in [9.17, 15) is 0 Å². The van der Waals surface area contributed by atoms with Crippen molar-refractivity contribution in [2.45, 2.75) is 0 Å². The normalized spacial score (nSPS) is 11.1. The molecule has 0 radical (unpaired) electrons. The minimum atomic E-state index is 0.871. The van der Waals surface area contributed by atoms with Gasteiger partial charge in [-0.2, -0.15) is 0 Å². The van der Waals surface area contributed by atoms with Crippen LogP contribution in [-0.2, 0) is 0 Å². The summed E-state index contributed by atoms with van der Waals surface area (Å²) in [5.74, 6) is 0.871. The van der Waals surface area contributed by atoms with Gasteiger partial charge in [-0.15, -0.1) is 0 Å². The molecule has 0 aliphatic heterocycles. The molecule has 0 bridgehead atoms. The summed E-state index contributed by atoms with van der Waals surface area (Å²) in [4.78, 5) is 7.59. The first-order chi connectivity index (χ1) is 22.4. The van der Waals surface area contributed by atoms with Gasteiger partial charge in [0.1, 0.15) is 5.82 Å². The predicted molar refractivity (Wildman–Crippen MR) is 190 cm³/mol. The molecule has 212 valence electrons. The topological polar surface area (TPSA) is 16.1 Å². The zero-order chi connectivity index (χ0) is 30.0. The lowest BCUT2D eigenvalue weighted by Gasteiger charge is -2.29. The molecular formula is C43H30N2. The highest BCUT2D eigenvalue weighted by atomic mass is 15.2. The number of pyridine rings is 1. The molecule has 45 heavy (non-hydrogen) atoms. The van der Waals surface area contributed by atoms with Gasteiger partial charge in [0.25, 0.3) is 0 Å². The Hall–Kier alpha value is -5.99. The van der Waals surface area contributed by atoms with Crippen molar-refractivity contribution < 1.29 is 0 Å². The number of rotatable bonds is 6. The van der Waals surface area contributed by atoms with Crippen molar-refractivity contribution in [3.05, 3.63) is 182 Å². The van der Waals surface area contributed by atoms with E-state index in [1.165, 1.54) is 43.8 Å². The van der Waals surface area contributed by atoms with Gasteiger partial charge >= 0.3 is 0 Å². The van der Waals surface area contributed by atoms with Crippen molar-refractivity contribution in [2.24, 2.45) is 0 Å². The zero-order valence-corrected chi connectivity index (χ0v) is 24.7. The molecular weight excluding hydrogens is 544 g/mol. The number of hydrogen-bond donors (Lipinski definition) is 0. The highest BCUT2D eigenvalue weighted by molar-refractivity contribution is 6.23. The Morgan fingerprint density at radius 1 is 0.356 bits per heavy atom. The first kappa shape index (κ1) is 26.6. The maximum absolute atomic E-state index is 5.27. The van der Waals surface area contributed by atoms with Gasteiger partial charge in [0.05, 0.1) is 11.4 Å². The molecule has 0 aliphatic carbocycles. The van der Waals surface area contributed by atoms with Crippen molar-refractivity contribution in [2.75, 3.05) is 4.90 Å². The monoisotopic (exact) mass is 574 g/mol. The van der Waals surface area contributed by atoms with Crippen LogP contribution in [-0.4, -0.2) is 4.98 Å². The van der Waals surface area contributed by atoms with Crippen molar-refractivity contribution in [3.63, 3.8) is 0 Å². The molecule has 0 saturated heterocycles. The number of aromatic nitrogens is 1. The van der Waals surface area contributed by atoms with Crippen LogP contribution in [0.2, 0.25) is 0 Å². The summed E-state index contributed by atoms with van der Waals surface area (Å²) >= 11 is 0. The Bertz CT molecular complexity index is 2200. The molecule has 8 rings (SSSR count). The third-order valence-electron chi connectivity index (χ3n) is 8.46. The van der Waals surface area contributed by atoms with Gasteiger partial charge in [-0.25, -0.2) is 4.98 Å². The summed E-state index contributed by atoms with van der Waals surface area (Å²) in [6.45, 7) is 0. The van der Waals surface area contributed by atoms with Gasteiger partial charge < -0.3 is 0 Å². The Labute approximate surface area is 263 Å². The average molecular weight is 575 g/mol. The summed E-state index contributed by atoms with van der Waals surface area (Å²) in [5, 5.41) is 4.75. The minimum absolute atomic E-state index is 0.871. The zero-order valence-electron chi connectivity index (χ0n) is 24.7. The molecule has 0 spiro atoms. The first-order valence-electron chi connectivity index (χ1n) is 15.3. The van der Waals surface area contributed by atoms with E-state index in [1.807, 2.05) is 6.07 Å². The van der Waals surface area contributed by atoms with E-state index in [2.05, 4.69) is 181 Å². The number of fused-ring (bicyclic) bond motifs is 2. The van der Waals surface area contributed by atoms with Crippen LogP contribution in [0, 0.1) is 0 Å². The molecule has 0 amide bonds. The van der Waals surface area contributed by atoms with Crippen LogP contribution in [0.4, 0.5) is 17.2 Å². The molecule has 0 aliphatic rings. The summed E-state index contributed by atoms with van der Waals surface area (Å²) < 4.78 is 0. The van der Waals surface area contributed by atoms with Crippen LogP contribution in [0.5, 0.6) is 0 Å². The van der Waals surface area contributed by atoms with E-state index in [1.54, 1.807) is 0 Å². The molecule has 2 nitrogen and oxygen atoms in total. The second-order valence-electron chi connectivity index (χ2n) is 11.1. The van der Waals surface area contributed by atoms with Crippen molar-refractivity contribution in [1.82, 2.24) is 4.98 Å². The fourth-order valence-corrected chi connectivity index (χ4v) is 6.48. The maximum Gasteiger partial charge on any atom is 0.138 e. The lowest BCUT2D eigenvalue weighted by molar-refractivity contribution is 1.20. The maximum atomic E-state index is 5.27. The SMILES string of the molecule is c1ccc(-c2cccc(N(c3ccccc3)c3c4ccccc4c(-c4ccccc4-c4ccccc4)c4ccccc34)n2)cc1. The van der Waals surface area contributed by atoms with Crippen molar-refractivity contribution in [1.29, 1.82) is 0 Å². The fraction of sp³-hybridized carbons (Fsp3) is 0. The van der Waals surface area contributed by atoms with E-state index in [0.717, 1.165) is 28.5 Å². The Morgan fingerprint density at radius 3 is 1.47 bits per heavy atom. The standard InChI is InChI=1S/C43H30N2/c1-4-17-31(18-5-1)34-23-10-11-24-35(34)42-36-25-12-14-27-38(36)43(39-28-15-13-26-37(39)42)45(33-21-8-3-9-22-33)41-30-16-29-40(44-41)32-19-6-2-7-20-32/h1-30H. The van der Waals surface area contributed by atoms with Crippen LogP contribution in [0.3, 0.4) is 0 Å². The molecule has 0 fully saturated rings. The summed E-state index contributed by atoms with van der Waals surface area (Å²) in [5.41, 5.74) is 9.10. The van der Waals surface area contributed by atoms with Crippen LogP contribution < -0.4 is 4.90 Å². The van der Waals surface area contributed by atoms with E-state index in [4.69, 9.17) is 4.98 Å². The van der Waals surface area contributed by atoms with Gasteiger partial charge in [-0.3, -0.25) is 4.90 Å². The molecule has 0 unspecified atom stereocenters. The molecule has 0 saturated carbocycles. The quantitative estimate of drug-likeness (QED) is 0.184. The molecule has 1 heterocycles. The highest BCUT2D eigenvalue weighted by Crippen LogP contribution is 2.49. The summed E-state index contributed by atoms with van der Waals surface area (Å²) in [6.07, 6.45) is 0. The Kier molecular flexibility index (Phi) is 6.86. The highest BCUT2D eigenvalue weighted by Gasteiger charge is 2.23. The molecule has 8 aromatic rings. The molecule has 2 heteroatoms. The molecule has 0 N–H and O–H groups in total. The van der Waals surface area contributed by atoms with Crippen molar-refractivity contribution >= 4 is 38.7 Å². The van der Waals surface area contributed by atoms with Crippen LogP contribution >= 0.6 is 0 Å². The molecule has 1 aromatic heterocycles. The number of benzene rings is 7. The first-order valence-corrected chi connectivity index (χ1v) is 15.3. The minimum Gasteiger partial charge on any atom is -0.294 e. The smallest absolute Gasteiger partial charge is 0.138 e. The number of anilines is 3. The lowest BCUT2D eigenvalue weighted by atomic mass is 9.86. The van der Waals surface area contributed by atoms with Gasteiger partial charge in [0, 0.05) is 22.0 Å². The Morgan fingerprint density at radius 2 is 0.844 bits per heavy atom. The predicted octanol–water partition coefficient (Wildman–Crippen LogP) is 11.9. The summed E-state index contributed by atoms with van der Waals surface area (Å²) in [6, 6.07) is 64.4. The van der Waals surface area contributed by atoms with Gasteiger partial charge in [0.15, 0.2) is 0 Å². The van der Waals surface area contributed by atoms with Gasteiger partial charge in [0.2, 0.25) is 0 Å². The number of hydrogen-bond acceptors (Lipinski definition) is 2. The average Bonchev–Trinajstić information content (AvgIpc) is 3.13.